The standard InChI is InChI=1S/C27H27N3O3/c1-20(31)29(17-21-10-6-4-7-11-21)18-23-19-30(24-12-8-5-9-13-24)28-27(23)22-14-15-25(32-2)26(16-22)33-3/h4-16,19H,17-18H2,1-3H3. The number of para-hydroxylation sites is 1. The molecule has 1 amide bonds. The highest BCUT2D eigenvalue weighted by Crippen LogP contribution is 2.34. The van der Waals surface area contributed by atoms with E-state index < -0.39 is 0 Å². The number of methoxy groups -OCH3 is 2. The molecular weight excluding hydrogens is 414 g/mol. The van der Waals surface area contributed by atoms with E-state index in [-0.39, 0.29) is 5.91 Å². The van der Waals surface area contributed by atoms with Gasteiger partial charge in [0.05, 0.1) is 25.6 Å². The summed E-state index contributed by atoms with van der Waals surface area (Å²) in [5, 5.41) is 4.88. The third kappa shape index (κ3) is 5.06. The van der Waals surface area contributed by atoms with E-state index in [2.05, 4.69) is 0 Å². The zero-order chi connectivity index (χ0) is 23.2. The van der Waals surface area contributed by atoms with E-state index in [1.807, 2.05) is 94.6 Å². The summed E-state index contributed by atoms with van der Waals surface area (Å²) >= 11 is 0. The highest BCUT2D eigenvalue weighted by Gasteiger charge is 2.19. The number of hydrogen-bond acceptors (Lipinski definition) is 4. The monoisotopic (exact) mass is 441 g/mol. The van der Waals surface area contributed by atoms with Gasteiger partial charge >= 0.3 is 0 Å². The zero-order valence-corrected chi connectivity index (χ0v) is 19.1. The minimum absolute atomic E-state index is 0.00424. The first-order valence-electron chi connectivity index (χ1n) is 10.7. The molecule has 0 spiro atoms. The fraction of sp³-hybridized carbons (Fsp3) is 0.185. The van der Waals surface area contributed by atoms with Crippen molar-refractivity contribution in [1.82, 2.24) is 14.7 Å². The number of hydrogen-bond donors (Lipinski definition) is 0. The molecule has 0 unspecified atom stereocenters. The lowest BCUT2D eigenvalue weighted by molar-refractivity contribution is -0.130. The second-order valence-corrected chi connectivity index (χ2v) is 7.71. The van der Waals surface area contributed by atoms with Gasteiger partial charge in [-0.25, -0.2) is 4.68 Å². The van der Waals surface area contributed by atoms with Gasteiger partial charge in [0.25, 0.3) is 0 Å². The number of amides is 1. The van der Waals surface area contributed by atoms with Gasteiger partial charge in [0.15, 0.2) is 11.5 Å². The van der Waals surface area contributed by atoms with Crippen LogP contribution in [0.2, 0.25) is 0 Å². The summed E-state index contributed by atoms with van der Waals surface area (Å²) in [6.45, 7) is 2.56. The summed E-state index contributed by atoms with van der Waals surface area (Å²) in [5.41, 5.74) is 4.65. The van der Waals surface area contributed by atoms with Crippen molar-refractivity contribution in [3.05, 3.63) is 96.2 Å². The lowest BCUT2D eigenvalue weighted by Crippen LogP contribution is -2.27. The summed E-state index contributed by atoms with van der Waals surface area (Å²) in [6.07, 6.45) is 1.99. The van der Waals surface area contributed by atoms with Crippen molar-refractivity contribution in [2.75, 3.05) is 14.2 Å². The summed E-state index contributed by atoms with van der Waals surface area (Å²) in [4.78, 5) is 14.3. The summed E-state index contributed by atoms with van der Waals surface area (Å²) in [6, 6.07) is 25.7. The van der Waals surface area contributed by atoms with Gasteiger partial charge in [0.1, 0.15) is 0 Å². The molecule has 1 aromatic heterocycles. The van der Waals surface area contributed by atoms with Crippen LogP contribution in [0.25, 0.3) is 16.9 Å². The van der Waals surface area contributed by atoms with Crippen molar-refractivity contribution in [2.45, 2.75) is 20.0 Å². The maximum atomic E-state index is 12.5. The predicted molar refractivity (Wildman–Crippen MR) is 128 cm³/mol. The third-order valence-corrected chi connectivity index (χ3v) is 5.49. The van der Waals surface area contributed by atoms with Crippen LogP contribution >= 0.6 is 0 Å². The van der Waals surface area contributed by atoms with E-state index in [1.165, 1.54) is 0 Å². The number of ether oxygens (including phenoxy) is 2. The lowest BCUT2D eigenvalue weighted by atomic mass is 10.1. The van der Waals surface area contributed by atoms with E-state index in [4.69, 9.17) is 14.6 Å². The molecule has 4 aromatic rings. The number of carbonyl (C=O) groups excluding carboxylic acids is 1. The maximum absolute atomic E-state index is 12.5. The first-order chi connectivity index (χ1) is 16.1. The van der Waals surface area contributed by atoms with Crippen molar-refractivity contribution >= 4 is 5.91 Å². The molecule has 4 rings (SSSR count). The van der Waals surface area contributed by atoms with Crippen LogP contribution in [-0.4, -0.2) is 34.8 Å². The van der Waals surface area contributed by atoms with Crippen molar-refractivity contribution in [3.8, 4) is 28.4 Å². The molecule has 0 saturated heterocycles. The molecule has 6 nitrogen and oxygen atoms in total. The van der Waals surface area contributed by atoms with E-state index in [0.717, 1.165) is 28.1 Å². The average Bonchev–Trinajstić information content (AvgIpc) is 3.28. The molecule has 0 N–H and O–H groups in total. The molecule has 168 valence electrons. The molecule has 0 aliphatic carbocycles. The third-order valence-electron chi connectivity index (χ3n) is 5.49. The summed E-state index contributed by atoms with van der Waals surface area (Å²) < 4.78 is 12.7. The molecule has 0 aliphatic heterocycles. The number of aromatic nitrogens is 2. The highest BCUT2D eigenvalue weighted by atomic mass is 16.5. The van der Waals surface area contributed by atoms with E-state index >= 15 is 0 Å². The number of carbonyl (C=O) groups is 1. The Bertz CT molecular complexity index is 1220. The van der Waals surface area contributed by atoms with Crippen LogP contribution in [0.1, 0.15) is 18.1 Å². The molecule has 0 bridgehead atoms. The van der Waals surface area contributed by atoms with Crippen LogP contribution in [0, 0.1) is 0 Å². The summed E-state index contributed by atoms with van der Waals surface area (Å²) in [5.74, 6) is 1.28. The van der Waals surface area contributed by atoms with E-state index in [9.17, 15) is 4.79 Å². The van der Waals surface area contributed by atoms with Gasteiger partial charge in [0.2, 0.25) is 5.91 Å². The van der Waals surface area contributed by atoms with Gasteiger partial charge in [-0.1, -0.05) is 48.5 Å². The van der Waals surface area contributed by atoms with Crippen molar-refractivity contribution in [1.29, 1.82) is 0 Å². The van der Waals surface area contributed by atoms with Crippen LogP contribution < -0.4 is 9.47 Å². The van der Waals surface area contributed by atoms with Crippen LogP contribution in [0.5, 0.6) is 11.5 Å². The number of rotatable bonds is 8. The molecule has 3 aromatic carbocycles. The van der Waals surface area contributed by atoms with Gasteiger partial charge in [-0.15, -0.1) is 0 Å². The molecule has 0 fully saturated rings. The Labute approximate surface area is 194 Å². The minimum atomic E-state index is 0.00424. The van der Waals surface area contributed by atoms with Crippen LogP contribution in [0.3, 0.4) is 0 Å². The van der Waals surface area contributed by atoms with Crippen molar-refractivity contribution < 1.29 is 14.3 Å². The minimum Gasteiger partial charge on any atom is -0.493 e. The van der Waals surface area contributed by atoms with Gasteiger partial charge in [-0.05, 0) is 35.9 Å². The molecule has 0 atom stereocenters. The van der Waals surface area contributed by atoms with Gasteiger partial charge in [0, 0.05) is 37.3 Å². The molecule has 6 heteroatoms. The molecule has 1 heterocycles. The normalized spacial score (nSPS) is 10.6. The molecule has 33 heavy (non-hydrogen) atoms. The Balaban J connectivity index is 1.75. The lowest BCUT2D eigenvalue weighted by Gasteiger charge is -2.21. The fourth-order valence-corrected chi connectivity index (χ4v) is 3.75. The van der Waals surface area contributed by atoms with E-state index in [0.29, 0.717) is 24.6 Å². The smallest absolute Gasteiger partial charge is 0.220 e. The quantitative estimate of drug-likeness (QED) is 0.382. The second kappa shape index (κ2) is 10.0. The Morgan fingerprint density at radius 1 is 0.879 bits per heavy atom. The van der Waals surface area contributed by atoms with Gasteiger partial charge in [-0.3, -0.25) is 4.79 Å². The van der Waals surface area contributed by atoms with Gasteiger partial charge in [-0.2, -0.15) is 5.10 Å². The Kier molecular flexibility index (Phi) is 6.74. The van der Waals surface area contributed by atoms with Crippen LogP contribution in [0.15, 0.2) is 85.1 Å². The van der Waals surface area contributed by atoms with Gasteiger partial charge < -0.3 is 14.4 Å². The van der Waals surface area contributed by atoms with Crippen LogP contribution in [-0.2, 0) is 17.9 Å². The zero-order valence-electron chi connectivity index (χ0n) is 19.1. The highest BCUT2D eigenvalue weighted by molar-refractivity contribution is 5.74. The first-order valence-corrected chi connectivity index (χ1v) is 10.7. The van der Waals surface area contributed by atoms with Crippen molar-refractivity contribution in [2.24, 2.45) is 0 Å². The first kappa shape index (κ1) is 22.1. The maximum Gasteiger partial charge on any atom is 0.220 e. The fourth-order valence-electron chi connectivity index (χ4n) is 3.75. The van der Waals surface area contributed by atoms with Crippen molar-refractivity contribution in [3.63, 3.8) is 0 Å². The largest absolute Gasteiger partial charge is 0.493 e. The number of nitrogens with zero attached hydrogens (tertiary/aromatic N) is 3. The molecule has 0 radical (unpaired) electrons. The summed E-state index contributed by atoms with van der Waals surface area (Å²) in [7, 11) is 3.23. The van der Waals surface area contributed by atoms with Crippen LogP contribution in [0.4, 0.5) is 0 Å². The molecule has 0 saturated carbocycles. The molecular formula is C27H27N3O3. The number of benzene rings is 3. The molecule has 0 aliphatic rings. The SMILES string of the molecule is COc1ccc(-c2nn(-c3ccccc3)cc2CN(Cc2ccccc2)C(C)=O)cc1OC. The second-order valence-electron chi connectivity index (χ2n) is 7.71. The topological polar surface area (TPSA) is 56.6 Å². The average molecular weight is 442 g/mol. The predicted octanol–water partition coefficient (Wildman–Crippen LogP) is 5.11. The Morgan fingerprint density at radius 2 is 1.55 bits per heavy atom. The Morgan fingerprint density at radius 3 is 2.18 bits per heavy atom. The Hall–Kier alpha value is -4.06. The van der Waals surface area contributed by atoms with E-state index in [1.54, 1.807) is 21.1 Å².